The maximum Gasteiger partial charge on any atom is 0.241 e. The Labute approximate surface area is 186 Å². The number of fused-ring (bicyclic) bond motifs is 1. The van der Waals surface area contributed by atoms with E-state index in [1.807, 2.05) is 37.5 Å². The summed E-state index contributed by atoms with van der Waals surface area (Å²) in [5.41, 5.74) is 3.41. The lowest BCUT2D eigenvalue weighted by Crippen LogP contribution is -2.26. The summed E-state index contributed by atoms with van der Waals surface area (Å²) in [4.78, 5) is 21.3. The first-order valence-electron chi connectivity index (χ1n) is 11.0. The molecule has 1 saturated carbocycles. The van der Waals surface area contributed by atoms with E-state index in [1.54, 1.807) is 14.2 Å². The van der Waals surface area contributed by atoms with Gasteiger partial charge in [0.05, 0.1) is 31.8 Å². The molecule has 5 rings (SSSR count). The summed E-state index contributed by atoms with van der Waals surface area (Å²) in [6, 6.07) is 7.69. The third-order valence-corrected chi connectivity index (χ3v) is 6.70. The lowest BCUT2D eigenvalue weighted by molar-refractivity contribution is -0.119. The molecule has 8 nitrogen and oxygen atoms in total. The Bertz CT molecular complexity index is 1180. The van der Waals surface area contributed by atoms with Crippen LogP contribution in [0.5, 0.6) is 17.4 Å². The molecule has 1 aromatic carbocycles. The van der Waals surface area contributed by atoms with Gasteiger partial charge in [0.1, 0.15) is 11.6 Å². The summed E-state index contributed by atoms with van der Waals surface area (Å²) in [7, 11) is 3.23. The van der Waals surface area contributed by atoms with Crippen LogP contribution in [-0.4, -0.2) is 47.3 Å². The number of benzene rings is 1. The minimum atomic E-state index is -0.166. The maximum absolute atomic E-state index is 11.7. The molecule has 0 spiro atoms. The highest BCUT2D eigenvalue weighted by atomic mass is 16.5. The van der Waals surface area contributed by atoms with Crippen LogP contribution < -0.4 is 19.5 Å². The summed E-state index contributed by atoms with van der Waals surface area (Å²) in [6.45, 7) is 4.85. The second-order valence-electron chi connectivity index (χ2n) is 8.95. The van der Waals surface area contributed by atoms with E-state index < -0.39 is 0 Å². The van der Waals surface area contributed by atoms with Crippen molar-refractivity contribution < 1.29 is 19.0 Å². The summed E-state index contributed by atoms with van der Waals surface area (Å²) in [5.74, 6) is 2.01. The van der Waals surface area contributed by atoms with Gasteiger partial charge in [-0.3, -0.25) is 4.79 Å². The molecule has 168 valence electrons. The zero-order valence-electron chi connectivity index (χ0n) is 18.8. The number of imidazole rings is 1. The van der Waals surface area contributed by atoms with E-state index in [0.29, 0.717) is 30.3 Å². The number of pyridine rings is 1. The third kappa shape index (κ3) is 3.53. The quantitative estimate of drug-likeness (QED) is 0.610. The summed E-state index contributed by atoms with van der Waals surface area (Å²) in [5, 5.41) is 2.89. The minimum Gasteiger partial charge on any atom is -0.493 e. The highest BCUT2D eigenvalue weighted by Gasteiger charge is 2.41. The van der Waals surface area contributed by atoms with Crippen LogP contribution in [0.3, 0.4) is 0 Å². The van der Waals surface area contributed by atoms with Crippen molar-refractivity contribution in [3.63, 3.8) is 0 Å². The van der Waals surface area contributed by atoms with E-state index in [-0.39, 0.29) is 23.5 Å². The van der Waals surface area contributed by atoms with Gasteiger partial charge in [-0.1, -0.05) is 0 Å². The van der Waals surface area contributed by atoms with Crippen molar-refractivity contribution >= 4 is 16.9 Å². The average molecular weight is 437 g/mol. The van der Waals surface area contributed by atoms with E-state index in [4.69, 9.17) is 19.2 Å². The summed E-state index contributed by atoms with van der Waals surface area (Å²) < 4.78 is 19.5. The van der Waals surface area contributed by atoms with E-state index in [2.05, 4.69) is 21.8 Å². The SMILES string of the molecule is COc1ccc(-c2cc3ncn(C4(C)CC4)c3c(O[C@H](C)C3CNC(=O)C3)n2)cc1OC. The number of carbonyl (C=O) groups excluding carboxylic acids is 1. The van der Waals surface area contributed by atoms with Gasteiger partial charge in [-0.15, -0.1) is 0 Å². The minimum absolute atomic E-state index is 0.0491. The Hall–Kier alpha value is -3.29. The summed E-state index contributed by atoms with van der Waals surface area (Å²) in [6.07, 6.45) is 4.39. The largest absolute Gasteiger partial charge is 0.493 e. The van der Waals surface area contributed by atoms with E-state index in [9.17, 15) is 4.79 Å². The van der Waals surface area contributed by atoms with E-state index in [1.165, 1.54) is 0 Å². The number of hydrogen-bond acceptors (Lipinski definition) is 6. The van der Waals surface area contributed by atoms with Gasteiger partial charge in [0.2, 0.25) is 11.8 Å². The molecule has 2 aromatic heterocycles. The highest BCUT2D eigenvalue weighted by Crippen LogP contribution is 2.46. The highest BCUT2D eigenvalue weighted by molar-refractivity contribution is 5.85. The van der Waals surface area contributed by atoms with Crippen molar-refractivity contribution in [2.24, 2.45) is 5.92 Å². The van der Waals surface area contributed by atoms with Gasteiger partial charge in [-0.05, 0) is 51.0 Å². The molecule has 3 heterocycles. The van der Waals surface area contributed by atoms with Crippen molar-refractivity contribution in [3.8, 4) is 28.6 Å². The molecule has 1 unspecified atom stereocenters. The summed E-state index contributed by atoms with van der Waals surface area (Å²) >= 11 is 0. The molecule has 1 aliphatic heterocycles. The van der Waals surface area contributed by atoms with Crippen LogP contribution in [-0.2, 0) is 10.3 Å². The molecule has 2 atom stereocenters. The zero-order valence-corrected chi connectivity index (χ0v) is 18.8. The molecule has 1 saturated heterocycles. The van der Waals surface area contributed by atoms with Crippen LogP contribution in [0.1, 0.15) is 33.1 Å². The number of amides is 1. The van der Waals surface area contributed by atoms with E-state index in [0.717, 1.165) is 35.1 Å². The number of hydrogen-bond donors (Lipinski definition) is 1. The van der Waals surface area contributed by atoms with Crippen LogP contribution >= 0.6 is 0 Å². The molecule has 2 fully saturated rings. The Kier molecular flexibility index (Phi) is 4.95. The van der Waals surface area contributed by atoms with Gasteiger partial charge in [-0.25, -0.2) is 9.97 Å². The standard InChI is InChI=1S/C24H28N4O4/c1-14(16-10-21(29)25-12-16)32-23-22-18(26-13-28(22)24(2)7-8-24)11-17(27-23)15-5-6-19(30-3)20(9-15)31-4/h5-6,9,11,13-14,16H,7-8,10,12H2,1-4H3,(H,25,29)/t14-,16?/m1/s1. The molecule has 32 heavy (non-hydrogen) atoms. The first-order valence-corrected chi connectivity index (χ1v) is 11.0. The molecule has 0 radical (unpaired) electrons. The van der Waals surface area contributed by atoms with Gasteiger partial charge < -0.3 is 24.1 Å². The Balaban J connectivity index is 1.59. The Morgan fingerprint density at radius 2 is 1.97 bits per heavy atom. The smallest absolute Gasteiger partial charge is 0.241 e. The van der Waals surface area contributed by atoms with Gasteiger partial charge in [-0.2, -0.15) is 0 Å². The fraction of sp³-hybridized carbons (Fsp3) is 0.458. The fourth-order valence-electron chi connectivity index (χ4n) is 4.29. The van der Waals surface area contributed by atoms with Crippen molar-refractivity contribution in [2.45, 2.75) is 44.8 Å². The van der Waals surface area contributed by atoms with Crippen molar-refractivity contribution in [1.82, 2.24) is 19.9 Å². The van der Waals surface area contributed by atoms with Crippen LogP contribution in [0.4, 0.5) is 0 Å². The lowest BCUT2D eigenvalue weighted by Gasteiger charge is -2.21. The van der Waals surface area contributed by atoms with Gasteiger partial charge in [0, 0.05) is 30.0 Å². The topological polar surface area (TPSA) is 87.5 Å². The van der Waals surface area contributed by atoms with Crippen LogP contribution in [0.25, 0.3) is 22.3 Å². The lowest BCUT2D eigenvalue weighted by atomic mass is 10.0. The zero-order chi connectivity index (χ0) is 22.5. The fourth-order valence-corrected chi connectivity index (χ4v) is 4.29. The monoisotopic (exact) mass is 436 g/mol. The number of carbonyl (C=O) groups is 1. The van der Waals surface area contributed by atoms with Crippen LogP contribution in [0.15, 0.2) is 30.6 Å². The maximum atomic E-state index is 11.7. The van der Waals surface area contributed by atoms with Crippen molar-refractivity contribution in [2.75, 3.05) is 20.8 Å². The van der Waals surface area contributed by atoms with Crippen LogP contribution in [0, 0.1) is 5.92 Å². The number of methoxy groups -OCH3 is 2. The van der Waals surface area contributed by atoms with Gasteiger partial charge in [0.15, 0.2) is 11.5 Å². The number of nitrogens with zero attached hydrogens (tertiary/aromatic N) is 3. The second kappa shape index (κ2) is 7.69. The molecule has 3 aromatic rings. The second-order valence-corrected chi connectivity index (χ2v) is 8.95. The van der Waals surface area contributed by atoms with Gasteiger partial charge in [0.25, 0.3) is 0 Å². The molecule has 0 bridgehead atoms. The molecule has 2 aliphatic rings. The molecular weight excluding hydrogens is 408 g/mol. The van der Waals surface area contributed by atoms with Crippen molar-refractivity contribution in [1.29, 1.82) is 0 Å². The Morgan fingerprint density at radius 1 is 1.19 bits per heavy atom. The number of ether oxygens (including phenoxy) is 3. The normalized spacial score (nSPS) is 20.1. The van der Waals surface area contributed by atoms with Gasteiger partial charge >= 0.3 is 0 Å². The average Bonchev–Trinajstić information content (AvgIpc) is 3.19. The molecular formula is C24H28N4O4. The molecule has 1 N–H and O–H groups in total. The predicted molar refractivity (Wildman–Crippen MR) is 120 cm³/mol. The molecule has 1 aliphatic carbocycles. The first kappa shape index (κ1) is 20.6. The van der Waals surface area contributed by atoms with Crippen molar-refractivity contribution in [3.05, 3.63) is 30.6 Å². The van der Waals surface area contributed by atoms with E-state index >= 15 is 0 Å². The predicted octanol–water partition coefficient (Wildman–Crippen LogP) is 3.53. The van der Waals surface area contributed by atoms with Crippen LogP contribution in [0.2, 0.25) is 0 Å². The number of aromatic nitrogens is 3. The molecule has 8 heteroatoms. The third-order valence-electron chi connectivity index (χ3n) is 6.70. The first-order chi connectivity index (χ1) is 15.4. The molecule has 1 amide bonds. The number of nitrogens with one attached hydrogen (secondary N) is 1. The Morgan fingerprint density at radius 3 is 2.62 bits per heavy atom. The number of rotatable bonds is 7.